The van der Waals surface area contributed by atoms with Gasteiger partial charge < -0.3 is 10.1 Å². The molecule has 0 atom stereocenters. The zero-order valence-corrected chi connectivity index (χ0v) is 14.3. The normalized spacial score (nSPS) is 10.3. The van der Waals surface area contributed by atoms with Gasteiger partial charge in [0.2, 0.25) is 5.91 Å². The molecule has 2 rings (SSSR count). The first-order valence-corrected chi connectivity index (χ1v) is 8.44. The fourth-order valence-electron chi connectivity index (χ4n) is 1.74. The minimum Gasteiger partial charge on any atom is -0.494 e. The molecule has 0 radical (unpaired) electrons. The van der Waals surface area contributed by atoms with E-state index in [0.29, 0.717) is 22.3 Å². The number of rotatable bonds is 6. The minimum absolute atomic E-state index is 0.158. The summed E-state index contributed by atoms with van der Waals surface area (Å²) in [6.45, 7) is 2.57. The van der Waals surface area contributed by atoms with E-state index < -0.39 is 0 Å². The van der Waals surface area contributed by atoms with Crippen LogP contribution < -0.4 is 10.1 Å². The second kappa shape index (κ2) is 8.32. The lowest BCUT2D eigenvalue weighted by molar-refractivity contribution is -0.113. The van der Waals surface area contributed by atoms with Crippen LogP contribution in [0.3, 0.4) is 0 Å². The van der Waals surface area contributed by atoms with Gasteiger partial charge in [-0.15, -0.1) is 11.8 Å². The molecule has 22 heavy (non-hydrogen) atoms. The van der Waals surface area contributed by atoms with Crippen molar-refractivity contribution in [2.45, 2.75) is 11.8 Å². The monoisotopic (exact) mass is 355 g/mol. The highest BCUT2D eigenvalue weighted by molar-refractivity contribution is 8.00. The van der Waals surface area contributed by atoms with Gasteiger partial charge >= 0.3 is 0 Å². The molecule has 0 bridgehead atoms. The molecule has 0 aliphatic carbocycles. The maximum atomic E-state index is 12.0. The molecule has 0 aliphatic heterocycles. The van der Waals surface area contributed by atoms with Crippen LogP contribution in [0.2, 0.25) is 10.0 Å². The van der Waals surface area contributed by atoms with Crippen LogP contribution in [0.1, 0.15) is 6.92 Å². The summed E-state index contributed by atoms with van der Waals surface area (Å²) in [6.07, 6.45) is 0. The van der Waals surface area contributed by atoms with Gasteiger partial charge in [-0.1, -0.05) is 29.3 Å². The number of carbonyl (C=O) groups is 1. The van der Waals surface area contributed by atoms with Crippen molar-refractivity contribution in [3.05, 3.63) is 52.5 Å². The van der Waals surface area contributed by atoms with Gasteiger partial charge in [0.05, 0.1) is 28.1 Å². The number of ether oxygens (including phenoxy) is 1. The van der Waals surface area contributed by atoms with Crippen molar-refractivity contribution in [1.82, 2.24) is 0 Å². The molecule has 0 saturated heterocycles. The van der Waals surface area contributed by atoms with E-state index in [0.717, 1.165) is 10.6 Å². The summed E-state index contributed by atoms with van der Waals surface area (Å²) in [5.41, 5.74) is 0.447. The van der Waals surface area contributed by atoms with Crippen LogP contribution in [0.25, 0.3) is 0 Å². The molecule has 0 fully saturated rings. The number of halogens is 2. The number of nitrogens with one attached hydrogen (secondary N) is 1. The summed E-state index contributed by atoms with van der Waals surface area (Å²) in [5, 5.41) is 3.58. The quantitative estimate of drug-likeness (QED) is 0.730. The van der Waals surface area contributed by atoms with Crippen LogP contribution in [0.15, 0.2) is 47.4 Å². The average molecular weight is 356 g/mol. The molecular weight excluding hydrogens is 341 g/mol. The topological polar surface area (TPSA) is 38.3 Å². The van der Waals surface area contributed by atoms with E-state index in [1.165, 1.54) is 11.8 Å². The van der Waals surface area contributed by atoms with Crippen molar-refractivity contribution in [3.8, 4) is 5.75 Å². The van der Waals surface area contributed by atoms with Gasteiger partial charge in [-0.3, -0.25) is 4.79 Å². The SMILES string of the molecule is CCOc1ccc(SCC(=O)Nc2c(Cl)cccc2Cl)cc1. The Morgan fingerprint density at radius 3 is 2.36 bits per heavy atom. The van der Waals surface area contributed by atoms with Gasteiger partial charge in [0.25, 0.3) is 0 Å². The molecule has 0 aromatic heterocycles. The predicted octanol–water partition coefficient (Wildman–Crippen LogP) is 5.12. The highest BCUT2D eigenvalue weighted by Crippen LogP contribution is 2.30. The number of amides is 1. The number of hydrogen-bond donors (Lipinski definition) is 1. The number of hydrogen-bond acceptors (Lipinski definition) is 3. The fraction of sp³-hybridized carbons (Fsp3) is 0.188. The Hall–Kier alpha value is -1.36. The van der Waals surface area contributed by atoms with Crippen LogP contribution in [0.5, 0.6) is 5.75 Å². The lowest BCUT2D eigenvalue weighted by Crippen LogP contribution is -2.14. The number of carbonyl (C=O) groups excluding carboxylic acids is 1. The van der Waals surface area contributed by atoms with Crippen molar-refractivity contribution in [1.29, 1.82) is 0 Å². The molecule has 0 unspecified atom stereocenters. The van der Waals surface area contributed by atoms with Crippen LogP contribution in [0, 0.1) is 0 Å². The van der Waals surface area contributed by atoms with Gasteiger partial charge in [-0.25, -0.2) is 0 Å². The fourth-order valence-corrected chi connectivity index (χ4v) is 2.93. The van der Waals surface area contributed by atoms with Crippen LogP contribution in [-0.4, -0.2) is 18.3 Å². The highest BCUT2D eigenvalue weighted by atomic mass is 35.5. The second-order valence-electron chi connectivity index (χ2n) is 4.34. The van der Waals surface area contributed by atoms with E-state index in [2.05, 4.69) is 5.32 Å². The Balaban J connectivity index is 1.90. The summed E-state index contributed by atoms with van der Waals surface area (Å²) in [6, 6.07) is 12.7. The van der Waals surface area contributed by atoms with Crippen LogP contribution >= 0.6 is 35.0 Å². The lowest BCUT2D eigenvalue weighted by atomic mass is 10.3. The third-order valence-electron chi connectivity index (χ3n) is 2.73. The summed E-state index contributed by atoms with van der Waals surface area (Å²) in [5.74, 6) is 0.934. The molecule has 0 aliphatic rings. The van der Waals surface area contributed by atoms with Gasteiger partial charge in [0.1, 0.15) is 5.75 Å². The van der Waals surface area contributed by atoms with Gasteiger partial charge in [-0.05, 0) is 43.3 Å². The molecule has 2 aromatic rings. The summed E-state index contributed by atoms with van der Waals surface area (Å²) >= 11 is 13.5. The molecule has 3 nitrogen and oxygen atoms in total. The Bertz CT molecular complexity index is 627. The lowest BCUT2D eigenvalue weighted by Gasteiger charge is -2.09. The molecular formula is C16H15Cl2NO2S. The first-order chi connectivity index (χ1) is 10.6. The van der Waals surface area contributed by atoms with E-state index >= 15 is 0 Å². The van der Waals surface area contributed by atoms with E-state index in [1.807, 2.05) is 31.2 Å². The van der Waals surface area contributed by atoms with E-state index in [9.17, 15) is 4.79 Å². The van der Waals surface area contributed by atoms with Crippen molar-refractivity contribution in [2.24, 2.45) is 0 Å². The largest absolute Gasteiger partial charge is 0.494 e. The number of benzene rings is 2. The summed E-state index contributed by atoms with van der Waals surface area (Å²) < 4.78 is 5.37. The average Bonchev–Trinajstić information content (AvgIpc) is 2.51. The van der Waals surface area contributed by atoms with Gasteiger partial charge in [0, 0.05) is 4.90 Å². The van der Waals surface area contributed by atoms with Gasteiger partial charge in [-0.2, -0.15) is 0 Å². The van der Waals surface area contributed by atoms with Crippen LogP contribution in [0.4, 0.5) is 5.69 Å². The smallest absolute Gasteiger partial charge is 0.234 e. The maximum Gasteiger partial charge on any atom is 0.234 e. The Labute approximate surface area is 144 Å². The first kappa shape index (κ1) is 17.0. The van der Waals surface area contributed by atoms with Gasteiger partial charge in [0.15, 0.2) is 0 Å². The van der Waals surface area contributed by atoms with E-state index in [-0.39, 0.29) is 11.7 Å². The van der Waals surface area contributed by atoms with Crippen LogP contribution in [-0.2, 0) is 4.79 Å². The molecule has 116 valence electrons. The molecule has 1 amide bonds. The number of thioether (sulfide) groups is 1. The van der Waals surface area contributed by atoms with E-state index in [1.54, 1.807) is 18.2 Å². The van der Waals surface area contributed by atoms with Crippen molar-refractivity contribution in [2.75, 3.05) is 17.7 Å². The zero-order valence-electron chi connectivity index (χ0n) is 11.9. The molecule has 0 heterocycles. The summed E-state index contributed by atoms with van der Waals surface area (Å²) in [4.78, 5) is 13.0. The predicted molar refractivity (Wildman–Crippen MR) is 93.4 cm³/mol. The Morgan fingerprint density at radius 1 is 1.14 bits per heavy atom. The third-order valence-corrected chi connectivity index (χ3v) is 4.37. The number of para-hydroxylation sites is 1. The van der Waals surface area contributed by atoms with Crippen molar-refractivity contribution >= 4 is 46.6 Å². The second-order valence-corrected chi connectivity index (χ2v) is 6.20. The van der Waals surface area contributed by atoms with Crippen molar-refractivity contribution < 1.29 is 9.53 Å². The molecule has 1 N–H and O–H groups in total. The molecule has 0 spiro atoms. The first-order valence-electron chi connectivity index (χ1n) is 6.69. The standard InChI is InChI=1S/C16H15Cl2NO2S/c1-2-21-11-6-8-12(9-7-11)22-10-15(20)19-16-13(17)4-3-5-14(16)18/h3-9H,2,10H2,1H3,(H,19,20). The summed E-state index contributed by atoms with van der Waals surface area (Å²) in [7, 11) is 0. The van der Waals surface area contributed by atoms with E-state index in [4.69, 9.17) is 27.9 Å². The zero-order chi connectivity index (χ0) is 15.9. The molecule has 0 saturated carbocycles. The Morgan fingerprint density at radius 2 is 1.77 bits per heavy atom. The number of anilines is 1. The highest BCUT2D eigenvalue weighted by Gasteiger charge is 2.10. The van der Waals surface area contributed by atoms with Crippen molar-refractivity contribution in [3.63, 3.8) is 0 Å². The molecule has 2 aromatic carbocycles. The minimum atomic E-state index is -0.158. The molecule has 6 heteroatoms. The maximum absolute atomic E-state index is 12.0. The Kier molecular flexibility index (Phi) is 6.43. The third kappa shape index (κ3) is 4.83.